The normalized spacial score (nSPS) is 18.1. The topological polar surface area (TPSA) is 101 Å². The molecule has 0 aliphatic carbocycles. The molecule has 3 aromatic carbocycles. The molecule has 0 spiro atoms. The summed E-state index contributed by atoms with van der Waals surface area (Å²) in [5.41, 5.74) is -3.82. The van der Waals surface area contributed by atoms with E-state index < -0.39 is 88.0 Å². The number of carbonyl (C=O) groups excluding carboxylic acids is 1. The fourth-order valence-corrected chi connectivity index (χ4v) is 6.74. The van der Waals surface area contributed by atoms with Crippen molar-refractivity contribution in [3.63, 3.8) is 0 Å². The smallest absolute Gasteiger partial charge is 0.416 e. The molecule has 8 nitrogen and oxygen atoms in total. The highest BCUT2D eigenvalue weighted by atomic mass is 19.4. The summed E-state index contributed by atoms with van der Waals surface area (Å²) in [5, 5.41) is 12.1. The molecule has 2 aliphatic rings. The van der Waals surface area contributed by atoms with E-state index in [1.807, 2.05) is 0 Å². The molecule has 0 radical (unpaired) electrons. The van der Waals surface area contributed by atoms with Crippen LogP contribution in [0.3, 0.4) is 0 Å². The van der Waals surface area contributed by atoms with Crippen LogP contribution in [0.1, 0.15) is 57.4 Å². The Balaban J connectivity index is 1.58. The van der Waals surface area contributed by atoms with E-state index in [4.69, 9.17) is 4.74 Å². The predicted octanol–water partition coefficient (Wildman–Crippen LogP) is 6.58. The number of amides is 1. The number of likely N-dealkylation sites (tertiary alicyclic amines) is 1. The van der Waals surface area contributed by atoms with Crippen molar-refractivity contribution >= 4 is 11.9 Å². The van der Waals surface area contributed by atoms with E-state index in [1.54, 1.807) is 24.0 Å². The third-order valence-corrected chi connectivity index (χ3v) is 9.32. The van der Waals surface area contributed by atoms with Gasteiger partial charge < -0.3 is 15.2 Å². The van der Waals surface area contributed by atoms with Crippen LogP contribution >= 0.6 is 0 Å². The molecule has 0 saturated carbocycles. The maximum atomic E-state index is 16.6. The van der Waals surface area contributed by atoms with Crippen LogP contribution in [0, 0.1) is 31.3 Å². The van der Waals surface area contributed by atoms with E-state index in [-0.39, 0.29) is 66.7 Å². The number of nitrogens with one attached hydrogen (secondary N) is 1. The van der Waals surface area contributed by atoms with Gasteiger partial charge in [-0.15, -0.1) is 0 Å². The van der Waals surface area contributed by atoms with Crippen LogP contribution in [-0.2, 0) is 28.8 Å². The van der Waals surface area contributed by atoms with Gasteiger partial charge in [0.05, 0.1) is 18.0 Å². The van der Waals surface area contributed by atoms with Crippen molar-refractivity contribution < 1.29 is 50.2 Å². The summed E-state index contributed by atoms with van der Waals surface area (Å²) in [6, 6.07) is 5.67. The Morgan fingerprint density at radius 3 is 2.40 bits per heavy atom. The Morgan fingerprint density at radius 1 is 1.00 bits per heavy atom. The summed E-state index contributed by atoms with van der Waals surface area (Å²) in [5.74, 6) is -6.26. The van der Waals surface area contributed by atoms with Crippen LogP contribution < -0.4 is 15.6 Å². The molecule has 1 amide bonds. The number of fused-ring (bicyclic) bond motifs is 6. The van der Waals surface area contributed by atoms with Gasteiger partial charge in [-0.3, -0.25) is 23.9 Å². The number of carbonyl (C=O) groups is 2. The monoisotopic (exact) mass is 731 g/mol. The minimum absolute atomic E-state index is 0.00506. The Labute approximate surface area is 292 Å². The van der Waals surface area contributed by atoms with Gasteiger partial charge >= 0.3 is 12.1 Å². The highest BCUT2D eigenvalue weighted by Gasteiger charge is 2.38. The van der Waals surface area contributed by atoms with E-state index in [0.29, 0.717) is 10.1 Å². The predicted molar refractivity (Wildman–Crippen MR) is 174 cm³/mol. The van der Waals surface area contributed by atoms with Gasteiger partial charge in [-0.25, -0.2) is 17.6 Å². The minimum atomic E-state index is -5.02. The molecule has 2 N–H and O–H groups in total. The number of pyridine rings is 1. The summed E-state index contributed by atoms with van der Waals surface area (Å²) in [7, 11) is 0. The van der Waals surface area contributed by atoms with Crippen molar-refractivity contribution in [2.75, 3.05) is 19.6 Å². The Bertz CT molecular complexity index is 2130. The van der Waals surface area contributed by atoms with Gasteiger partial charge in [-0.1, -0.05) is 18.2 Å². The molecule has 15 heteroatoms. The van der Waals surface area contributed by atoms with Crippen molar-refractivity contribution in [3.8, 4) is 16.9 Å². The first-order valence-electron chi connectivity index (χ1n) is 16.2. The quantitative estimate of drug-likeness (QED) is 0.218. The number of nitrogens with zero attached hydrogens (tertiary/aromatic N) is 2. The van der Waals surface area contributed by atoms with Gasteiger partial charge in [0.1, 0.15) is 42.0 Å². The molecule has 4 bridgehead atoms. The second-order valence-electron chi connectivity index (χ2n) is 13.0. The number of alkyl halides is 4. The lowest BCUT2D eigenvalue weighted by Crippen LogP contribution is -2.49. The van der Waals surface area contributed by atoms with Crippen molar-refractivity contribution in [1.82, 2.24) is 14.8 Å². The lowest BCUT2D eigenvalue weighted by Gasteiger charge is -2.34. The van der Waals surface area contributed by atoms with Crippen LogP contribution in [-0.4, -0.2) is 52.3 Å². The van der Waals surface area contributed by atoms with Gasteiger partial charge in [0.2, 0.25) is 5.91 Å². The number of ether oxygens (including phenoxy) is 1. The van der Waals surface area contributed by atoms with Crippen LogP contribution in [0.25, 0.3) is 11.1 Å². The lowest BCUT2D eigenvalue weighted by atomic mass is 9.90. The highest BCUT2D eigenvalue weighted by Crippen LogP contribution is 2.41. The van der Waals surface area contributed by atoms with Crippen LogP contribution in [0.4, 0.5) is 30.7 Å². The number of carboxylic acids is 1. The maximum Gasteiger partial charge on any atom is 0.416 e. The second kappa shape index (κ2) is 14.1. The average Bonchev–Trinajstić information content (AvgIpc) is 3.04. The summed E-state index contributed by atoms with van der Waals surface area (Å²) in [6.07, 6.45) is -6.81. The second-order valence-corrected chi connectivity index (χ2v) is 13.0. The largest absolute Gasteiger partial charge is 0.488 e. The molecule has 3 heterocycles. The van der Waals surface area contributed by atoms with Crippen molar-refractivity contribution in [3.05, 3.63) is 121 Å². The molecule has 2 aliphatic heterocycles. The lowest BCUT2D eigenvalue weighted by molar-refractivity contribution is -0.139. The number of halogens is 7. The van der Waals surface area contributed by atoms with E-state index in [0.717, 1.165) is 12.3 Å². The van der Waals surface area contributed by atoms with Crippen molar-refractivity contribution in [1.29, 1.82) is 0 Å². The van der Waals surface area contributed by atoms with Gasteiger partial charge in [-0.05, 0) is 66.8 Å². The van der Waals surface area contributed by atoms with Gasteiger partial charge in [0.25, 0.3) is 5.56 Å². The number of aromatic nitrogens is 1. The van der Waals surface area contributed by atoms with Gasteiger partial charge in [0.15, 0.2) is 0 Å². The molecule has 274 valence electrons. The fourth-order valence-electron chi connectivity index (χ4n) is 6.74. The summed E-state index contributed by atoms with van der Waals surface area (Å²) < 4.78 is 111. The molecule has 1 aromatic heterocycles. The van der Waals surface area contributed by atoms with E-state index in [9.17, 15) is 37.1 Å². The molecular formula is C37H32F7N3O5. The first-order chi connectivity index (χ1) is 24.5. The third kappa shape index (κ3) is 7.14. The number of hydrogen-bond acceptors (Lipinski definition) is 5. The maximum absolute atomic E-state index is 16.6. The first kappa shape index (κ1) is 36.6. The summed E-state index contributed by atoms with van der Waals surface area (Å²) in [4.78, 5) is 41.5. The minimum Gasteiger partial charge on any atom is -0.488 e. The van der Waals surface area contributed by atoms with Crippen LogP contribution in [0.2, 0.25) is 0 Å². The Hall–Kier alpha value is -5.18. The van der Waals surface area contributed by atoms with E-state index in [2.05, 4.69) is 5.32 Å². The molecular weight excluding hydrogens is 699 g/mol. The zero-order chi connectivity index (χ0) is 37.6. The van der Waals surface area contributed by atoms with Crippen molar-refractivity contribution in [2.45, 2.75) is 57.7 Å². The van der Waals surface area contributed by atoms with Gasteiger partial charge in [-0.2, -0.15) is 13.2 Å². The molecule has 1 saturated heterocycles. The fraction of sp³-hybridized carbons (Fsp3) is 0.324. The number of rotatable bonds is 6. The average molecular weight is 732 g/mol. The van der Waals surface area contributed by atoms with E-state index in [1.165, 1.54) is 31.2 Å². The van der Waals surface area contributed by atoms with Crippen molar-refractivity contribution in [2.24, 2.45) is 0 Å². The van der Waals surface area contributed by atoms with Crippen LogP contribution in [0.15, 0.2) is 59.5 Å². The molecule has 4 aromatic rings. The van der Waals surface area contributed by atoms with E-state index >= 15 is 13.2 Å². The zero-order valence-electron chi connectivity index (χ0n) is 27.8. The molecule has 2 unspecified atom stereocenters. The summed E-state index contributed by atoms with van der Waals surface area (Å²) in [6.45, 7) is 2.63. The highest BCUT2D eigenvalue weighted by molar-refractivity contribution is 5.85. The molecule has 52 heavy (non-hydrogen) atoms. The Morgan fingerprint density at radius 2 is 1.73 bits per heavy atom. The number of hydrogen-bond donors (Lipinski definition) is 2. The van der Waals surface area contributed by atoms with Crippen LogP contribution in [0.5, 0.6) is 5.75 Å². The summed E-state index contributed by atoms with van der Waals surface area (Å²) >= 11 is 0. The number of benzene rings is 3. The first-order valence-corrected chi connectivity index (χ1v) is 16.2. The molecule has 1 fully saturated rings. The number of carboxylic acid groups (broad SMARTS) is 1. The number of aryl methyl sites for hydroxylation is 2. The zero-order valence-corrected chi connectivity index (χ0v) is 27.8. The third-order valence-electron chi connectivity index (χ3n) is 9.32. The SMILES string of the molecule is Cc1cc2c(F)c(c1F)C(CC(=O)O)NC(=O)C(n1cc(CCN3CC(F)C3)c(C(F)(F)F)cc1=O)c1cc(ccc1F)COc1cccc(C)c1-2. The molecule has 2 atom stereocenters. The standard InChI is InChI=1S/C37H32F7N3O5/c1-18-4-3-5-28-31(18)24-10-19(2)33(40)32(34(24)41)27(13-30(49)50)45-36(51)35(23-11-20(17-52-28)6-7-26(23)39)47-14-21(8-9-46-15-22(38)16-46)25(12-29(47)48)37(42,43)44/h3-7,10-12,14,22,27,35H,8-9,13,15-17H2,1-2H3,(H,45,51)(H,49,50). The van der Waals surface area contributed by atoms with Gasteiger partial charge in [0, 0.05) is 54.2 Å². The number of aliphatic carboxylic acids is 1. The Kier molecular flexibility index (Phi) is 9.92. The molecule has 6 rings (SSSR count).